The fourth-order valence-corrected chi connectivity index (χ4v) is 2.83. The molecule has 1 amide bonds. The SMILES string of the molecule is CCc1nc(C(=O)N2CCC(CC)(CC)CC2)n[nH]1. The fourth-order valence-electron chi connectivity index (χ4n) is 2.83. The van der Waals surface area contributed by atoms with Gasteiger partial charge in [-0.1, -0.05) is 33.6 Å². The van der Waals surface area contributed by atoms with E-state index in [1.807, 2.05) is 11.8 Å². The molecule has 0 aromatic carbocycles. The van der Waals surface area contributed by atoms with Crippen molar-refractivity contribution in [2.24, 2.45) is 5.41 Å². The van der Waals surface area contributed by atoms with E-state index in [2.05, 4.69) is 29.0 Å². The zero-order valence-electron chi connectivity index (χ0n) is 12.2. The normalized spacial score (nSPS) is 18.6. The Kier molecular flexibility index (Phi) is 4.22. The molecule has 1 aromatic rings. The van der Waals surface area contributed by atoms with E-state index < -0.39 is 0 Å². The lowest BCUT2D eigenvalue weighted by atomic mass is 9.74. The molecule has 1 aromatic heterocycles. The zero-order valence-corrected chi connectivity index (χ0v) is 12.2. The Morgan fingerprint density at radius 2 is 1.89 bits per heavy atom. The van der Waals surface area contributed by atoms with Gasteiger partial charge in [-0.15, -0.1) is 5.10 Å². The van der Waals surface area contributed by atoms with Crippen molar-refractivity contribution in [3.8, 4) is 0 Å². The molecule has 0 spiro atoms. The van der Waals surface area contributed by atoms with E-state index in [9.17, 15) is 4.79 Å². The summed E-state index contributed by atoms with van der Waals surface area (Å²) in [5, 5.41) is 6.82. The maximum absolute atomic E-state index is 12.3. The molecule has 1 N–H and O–H groups in total. The standard InChI is InChI=1S/C14H24N4O/c1-4-11-15-12(17-16-11)13(19)18-9-7-14(5-2,6-3)8-10-18/h4-10H2,1-3H3,(H,15,16,17). The van der Waals surface area contributed by atoms with Crippen molar-refractivity contribution in [1.29, 1.82) is 0 Å². The summed E-state index contributed by atoms with van der Waals surface area (Å²) in [7, 11) is 0. The quantitative estimate of drug-likeness (QED) is 0.908. The van der Waals surface area contributed by atoms with Gasteiger partial charge in [-0.3, -0.25) is 9.89 Å². The van der Waals surface area contributed by atoms with Crippen molar-refractivity contribution >= 4 is 5.91 Å². The second-order valence-electron chi connectivity index (χ2n) is 5.46. The van der Waals surface area contributed by atoms with Crippen LogP contribution in [0.4, 0.5) is 0 Å². The lowest BCUT2D eigenvalue weighted by Gasteiger charge is -2.40. The number of piperidine rings is 1. The van der Waals surface area contributed by atoms with Gasteiger partial charge in [-0.25, -0.2) is 4.98 Å². The van der Waals surface area contributed by atoms with Crippen molar-refractivity contribution in [3.05, 3.63) is 11.6 Å². The summed E-state index contributed by atoms with van der Waals surface area (Å²) in [6.45, 7) is 8.16. The number of hydrogen-bond donors (Lipinski definition) is 1. The molecule has 0 radical (unpaired) electrons. The molecule has 0 bridgehead atoms. The Balaban J connectivity index is 1.99. The minimum atomic E-state index is -0.0308. The first-order chi connectivity index (χ1) is 9.14. The third-order valence-electron chi connectivity index (χ3n) is 4.67. The lowest BCUT2D eigenvalue weighted by molar-refractivity contribution is 0.0547. The molecule has 0 saturated carbocycles. The van der Waals surface area contributed by atoms with Crippen molar-refractivity contribution in [2.75, 3.05) is 13.1 Å². The first-order valence-corrected chi connectivity index (χ1v) is 7.34. The molecule has 5 nitrogen and oxygen atoms in total. The molecule has 1 fully saturated rings. The average Bonchev–Trinajstić information content (AvgIpc) is 2.95. The van der Waals surface area contributed by atoms with Crippen LogP contribution in [0.5, 0.6) is 0 Å². The number of nitrogens with zero attached hydrogens (tertiary/aromatic N) is 3. The molecule has 1 aliphatic rings. The van der Waals surface area contributed by atoms with Crippen molar-refractivity contribution in [3.63, 3.8) is 0 Å². The van der Waals surface area contributed by atoms with E-state index in [-0.39, 0.29) is 5.91 Å². The summed E-state index contributed by atoms with van der Waals surface area (Å²) in [6, 6.07) is 0. The summed E-state index contributed by atoms with van der Waals surface area (Å²) in [5.74, 6) is 1.06. The Hall–Kier alpha value is -1.39. The zero-order chi connectivity index (χ0) is 13.9. The Bertz CT molecular complexity index is 426. The number of nitrogens with one attached hydrogen (secondary N) is 1. The average molecular weight is 264 g/mol. The maximum Gasteiger partial charge on any atom is 0.293 e. The van der Waals surface area contributed by atoms with Crippen LogP contribution >= 0.6 is 0 Å². The highest BCUT2D eigenvalue weighted by molar-refractivity contribution is 5.90. The summed E-state index contributed by atoms with van der Waals surface area (Å²) in [6.07, 6.45) is 5.36. The van der Waals surface area contributed by atoms with Crippen LogP contribution in [0.2, 0.25) is 0 Å². The number of rotatable bonds is 4. The summed E-state index contributed by atoms with van der Waals surface area (Å²) in [5.41, 5.74) is 0.435. The van der Waals surface area contributed by atoms with Gasteiger partial charge in [-0.05, 0) is 18.3 Å². The highest BCUT2D eigenvalue weighted by atomic mass is 16.2. The van der Waals surface area contributed by atoms with Gasteiger partial charge in [0.2, 0.25) is 5.82 Å². The predicted molar refractivity (Wildman–Crippen MR) is 73.9 cm³/mol. The van der Waals surface area contributed by atoms with E-state index in [0.29, 0.717) is 11.2 Å². The number of amides is 1. The second kappa shape index (κ2) is 5.72. The number of aromatic amines is 1. The van der Waals surface area contributed by atoms with Gasteiger partial charge < -0.3 is 4.90 Å². The molecule has 0 atom stereocenters. The number of carbonyl (C=O) groups is 1. The minimum absolute atomic E-state index is 0.0308. The predicted octanol–water partition coefficient (Wildman–Crippen LogP) is 2.41. The number of hydrogen-bond acceptors (Lipinski definition) is 3. The van der Waals surface area contributed by atoms with Gasteiger partial charge in [0.25, 0.3) is 5.91 Å². The summed E-state index contributed by atoms with van der Waals surface area (Å²) >= 11 is 0. The fraction of sp³-hybridized carbons (Fsp3) is 0.786. The van der Waals surface area contributed by atoms with E-state index in [0.717, 1.165) is 38.2 Å². The van der Waals surface area contributed by atoms with Crippen molar-refractivity contribution < 1.29 is 4.79 Å². The van der Waals surface area contributed by atoms with Crippen molar-refractivity contribution in [2.45, 2.75) is 52.9 Å². The number of H-pyrrole nitrogens is 1. The smallest absolute Gasteiger partial charge is 0.293 e. The van der Waals surface area contributed by atoms with Crippen LogP contribution in [0.25, 0.3) is 0 Å². The van der Waals surface area contributed by atoms with Gasteiger partial charge in [0.1, 0.15) is 5.82 Å². The molecule has 5 heteroatoms. The monoisotopic (exact) mass is 264 g/mol. The third-order valence-corrected chi connectivity index (χ3v) is 4.67. The number of likely N-dealkylation sites (tertiary alicyclic amines) is 1. The first-order valence-electron chi connectivity index (χ1n) is 7.34. The molecule has 0 unspecified atom stereocenters. The Morgan fingerprint density at radius 1 is 1.26 bits per heavy atom. The van der Waals surface area contributed by atoms with Gasteiger partial charge in [0, 0.05) is 19.5 Å². The highest BCUT2D eigenvalue weighted by Gasteiger charge is 2.33. The maximum atomic E-state index is 12.3. The van der Waals surface area contributed by atoms with Crippen LogP contribution in [0.1, 0.15) is 62.9 Å². The second-order valence-corrected chi connectivity index (χ2v) is 5.46. The lowest BCUT2D eigenvalue weighted by Crippen LogP contribution is -2.43. The molecule has 1 saturated heterocycles. The van der Waals surface area contributed by atoms with Crippen LogP contribution in [0.3, 0.4) is 0 Å². The third kappa shape index (κ3) is 2.80. The van der Waals surface area contributed by atoms with Gasteiger partial charge >= 0.3 is 0 Å². The molecule has 106 valence electrons. The van der Waals surface area contributed by atoms with Gasteiger partial charge in [0.05, 0.1) is 0 Å². The summed E-state index contributed by atoms with van der Waals surface area (Å²) < 4.78 is 0. The van der Waals surface area contributed by atoms with Crippen LogP contribution in [-0.4, -0.2) is 39.1 Å². The van der Waals surface area contributed by atoms with Crippen LogP contribution in [0.15, 0.2) is 0 Å². The highest BCUT2D eigenvalue weighted by Crippen LogP contribution is 2.38. The van der Waals surface area contributed by atoms with Crippen LogP contribution < -0.4 is 0 Å². The first kappa shape index (κ1) is 14.0. The summed E-state index contributed by atoms with van der Waals surface area (Å²) in [4.78, 5) is 18.4. The van der Waals surface area contributed by atoms with Crippen LogP contribution in [-0.2, 0) is 6.42 Å². The Morgan fingerprint density at radius 3 is 2.37 bits per heavy atom. The Labute approximate surface area is 114 Å². The van der Waals surface area contributed by atoms with E-state index in [4.69, 9.17) is 0 Å². The number of aromatic nitrogens is 3. The molecule has 2 heterocycles. The van der Waals surface area contributed by atoms with Gasteiger partial charge in [-0.2, -0.15) is 0 Å². The number of aryl methyl sites for hydroxylation is 1. The minimum Gasteiger partial charge on any atom is -0.336 e. The van der Waals surface area contributed by atoms with E-state index in [1.165, 1.54) is 12.8 Å². The molecule has 1 aliphatic heterocycles. The van der Waals surface area contributed by atoms with Gasteiger partial charge in [0.15, 0.2) is 0 Å². The largest absolute Gasteiger partial charge is 0.336 e. The number of carbonyl (C=O) groups excluding carboxylic acids is 1. The molecule has 0 aliphatic carbocycles. The van der Waals surface area contributed by atoms with Crippen molar-refractivity contribution in [1.82, 2.24) is 20.1 Å². The molecular formula is C14H24N4O. The van der Waals surface area contributed by atoms with Crippen LogP contribution in [0, 0.1) is 5.41 Å². The molecule has 19 heavy (non-hydrogen) atoms. The van der Waals surface area contributed by atoms with E-state index in [1.54, 1.807) is 0 Å². The topological polar surface area (TPSA) is 61.9 Å². The molecule has 2 rings (SSSR count). The van der Waals surface area contributed by atoms with E-state index >= 15 is 0 Å². The molecular weight excluding hydrogens is 240 g/mol.